The lowest BCUT2D eigenvalue weighted by atomic mass is 9.74. The van der Waals surface area contributed by atoms with Gasteiger partial charge in [-0.15, -0.1) is 0 Å². The standard InChI is InChI=1S/C11H15FN2/c12-9-3-1-2-7(4-9)11(14)8-5-10(13)6-8/h1-4,8,10-11H,5-6,13-14H2. The van der Waals surface area contributed by atoms with Crippen molar-refractivity contribution in [2.24, 2.45) is 17.4 Å². The Morgan fingerprint density at radius 2 is 2.07 bits per heavy atom. The van der Waals surface area contributed by atoms with E-state index in [2.05, 4.69) is 0 Å². The Kier molecular flexibility index (Phi) is 2.52. The van der Waals surface area contributed by atoms with Crippen molar-refractivity contribution in [2.75, 3.05) is 0 Å². The lowest BCUT2D eigenvalue weighted by Gasteiger charge is -2.36. The first-order valence-corrected chi connectivity index (χ1v) is 4.93. The summed E-state index contributed by atoms with van der Waals surface area (Å²) in [6, 6.07) is 6.74. The van der Waals surface area contributed by atoms with Crippen molar-refractivity contribution in [2.45, 2.75) is 24.9 Å². The van der Waals surface area contributed by atoms with E-state index in [0.29, 0.717) is 12.0 Å². The Morgan fingerprint density at radius 1 is 1.36 bits per heavy atom. The van der Waals surface area contributed by atoms with Crippen LogP contribution in [0.3, 0.4) is 0 Å². The monoisotopic (exact) mass is 194 g/mol. The van der Waals surface area contributed by atoms with Gasteiger partial charge in [-0.1, -0.05) is 12.1 Å². The van der Waals surface area contributed by atoms with E-state index in [9.17, 15) is 4.39 Å². The Labute approximate surface area is 83.1 Å². The number of hydrogen-bond donors (Lipinski definition) is 2. The Morgan fingerprint density at radius 3 is 2.64 bits per heavy atom. The maximum atomic E-state index is 12.9. The number of nitrogens with two attached hydrogens (primary N) is 2. The molecular formula is C11H15FN2. The third-order valence-electron chi connectivity index (χ3n) is 2.95. The molecule has 1 fully saturated rings. The van der Waals surface area contributed by atoms with Gasteiger partial charge in [-0.25, -0.2) is 4.39 Å². The number of halogens is 1. The minimum absolute atomic E-state index is 0.0644. The van der Waals surface area contributed by atoms with Gasteiger partial charge < -0.3 is 11.5 Å². The predicted molar refractivity (Wildman–Crippen MR) is 54.0 cm³/mol. The second-order valence-corrected chi connectivity index (χ2v) is 4.07. The summed E-state index contributed by atoms with van der Waals surface area (Å²) < 4.78 is 12.9. The van der Waals surface area contributed by atoms with Crippen LogP contribution in [0.25, 0.3) is 0 Å². The molecule has 3 heteroatoms. The van der Waals surface area contributed by atoms with Gasteiger partial charge in [-0.3, -0.25) is 0 Å². The van der Waals surface area contributed by atoms with Gasteiger partial charge in [0.25, 0.3) is 0 Å². The van der Waals surface area contributed by atoms with E-state index in [0.717, 1.165) is 18.4 Å². The van der Waals surface area contributed by atoms with Crippen molar-refractivity contribution in [1.82, 2.24) is 0 Å². The lowest BCUT2D eigenvalue weighted by Crippen LogP contribution is -2.41. The molecule has 0 heterocycles. The topological polar surface area (TPSA) is 52.0 Å². The minimum Gasteiger partial charge on any atom is -0.328 e. The molecule has 0 spiro atoms. The number of hydrogen-bond acceptors (Lipinski definition) is 2. The molecule has 0 bridgehead atoms. The van der Waals surface area contributed by atoms with Crippen LogP contribution in [0.15, 0.2) is 24.3 Å². The van der Waals surface area contributed by atoms with E-state index in [-0.39, 0.29) is 11.9 Å². The molecule has 1 aromatic carbocycles. The summed E-state index contributed by atoms with van der Waals surface area (Å²) in [6.07, 6.45) is 1.91. The molecule has 0 aromatic heterocycles. The Balaban J connectivity index is 2.07. The average Bonchev–Trinajstić information content (AvgIpc) is 2.12. The fourth-order valence-electron chi connectivity index (χ4n) is 1.99. The van der Waals surface area contributed by atoms with Gasteiger partial charge in [0, 0.05) is 12.1 Å². The van der Waals surface area contributed by atoms with Gasteiger partial charge in [0.05, 0.1) is 0 Å². The quantitative estimate of drug-likeness (QED) is 0.750. The molecule has 0 aliphatic heterocycles. The highest BCUT2D eigenvalue weighted by atomic mass is 19.1. The molecule has 1 saturated carbocycles. The smallest absolute Gasteiger partial charge is 0.123 e. The fourth-order valence-corrected chi connectivity index (χ4v) is 1.99. The van der Waals surface area contributed by atoms with Gasteiger partial charge in [-0.2, -0.15) is 0 Å². The summed E-state index contributed by atoms with van der Waals surface area (Å²) in [4.78, 5) is 0. The minimum atomic E-state index is -0.221. The SMILES string of the molecule is NC1CC(C(N)c2cccc(F)c2)C1. The number of rotatable bonds is 2. The zero-order chi connectivity index (χ0) is 10.1. The normalized spacial score (nSPS) is 28.2. The van der Waals surface area contributed by atoms with Crippen LogP contribution >= 0.6 is 0 Å². The summed E-state index contributed by atoms with van der Waals surface area (Å²) in [6.45, 7) is 0. The zero-order valence-electron chi connectivity index (χ0n) is 7.99. The first kappa shape index (κ1) is 9.62. The first-order chi connectivity index (χ1) is 6.66. The van der Waals surface area contributed by atoms with E-state index in [1.54, 1.807) is 6.07 Å². The van der Waals surface area contributed by atoms with Crippen LogP contribution < -0.4 is 11.5 Å². The molecule has 1 aliphatic carbocycles. The van der Waals surface area contributed by atoms with Gasteiger partial charge >= 0.3 is 0 Å². The molecule has 1 aromatic rings. The molecule has 0 amide bonds. The lowest BCUT2D eigenvalue weighted by molar-refractivity contribution is 0.223. The van der Waals surface area contributed by atoms with Gasteiger partial charge in [-0.05, 0) is 36.5 Å². The van der Waals surface area contributed by atoms with Crippen LogP contribution in [0, 0.1) is 11.7 Å². The molecule has 1 atom stereocenters. The van der Waals surface area contributed by atoms with E-state index in [1.807, 2.05) is 6.07 Å². The molecule has 2 rings (SSSR count). The summed E-state index contributed by atoms with van der Waals surface area (Å²) >= 11 is 0. The molecule has 0 radical (unpaired) electrons. The van der Waals surface area contributed by atoms with Crippen molar-refractivity contribution in [3.05, 3.63) is 35.6 Å². The molecule has 1 unspecified atom stereocenters. The molecule has 2 nitrogen and oxygen atoms in total. The molecule has 0 saturated heterocycles. The van der Waals surface area contributed by atoms with Gasteiger partial charge in [0.15, 0.2) is 0 Å². The highest BCUT2D eigenvalue weighted by Crippen LogP contribution is 2.35. The largest absolute Gasteiger partial charge is 0.328 e. The van der Waals surface area contributed by atoms with Crippen LogP contribution in [0.2, 0.25) is 0 Å². The second-order valence-electron chi connectivity index (χ2n) is 4.07. The van der Waals surface area contributed by atoms with Crippen LogP contribution in [-0.4, -0.2) is 6.04 Å². The van der Waals surface area contributed by atoms with Crippen LogP contribution in [-0.2, 0) is 0 Å². The Bertz CT molecular complexity index is 321. The highest BCUT2D eigenvalue weighted by molar-refractivity contribution is 5.21. The zero-order valence-corrected chi connectivity index (χ0v) is 7.99. The van der Waals surface area contributed by atoms with E-state index in [1.165, 1.54) is 12.1 Å². The maximum Gasteiger partial charge on any atom is 0.123 e. The highest BCUT2D eigenvalue weighted by Gasteiger charge is 2.31. The molecule has 76 valence electrons. The predicted octanol–water partition coefficient (Wildman–Crippen LogP) is 1.56. The van der Waals surface area contributed by atoms with Crippen LogP contribution in [0.5, 0.6) is 0 Å². The molecular weight excluding hydrogens is 179 g/mol. The van der Waals surface area contributed by atoms with Crippen LogP contribution in [0.4, 0.5) is 4.39 Å². The van der Waals surface area contributed by atoms with E-state index in [4.69, 9.17) is 11.5 Å². The fraction of sp³-hybridized carbons (Fsp3) is 0.455. The summed E-state index contributed by atoms with van der Waals surface area (Å²) in [5.41, 5.74) is 12.6. The summed E-state index contributed by atoms with van der Waals surface area (Å²) in [5, 5.41) is 0. The Hall–Kier alpha value is -0.930. The summed E-state index contributed by atoms with van der Waals surface area (Å²) in [7, 11) is 0. The van der Waals surface area contributed by atoms with Crippen LogP contribution in [0.1, 0.15) is 24.4 Å². The van der Waals surface area contributed by atoms with Crippen molar-refractivity contribution in [3.63, 3.8) is 0 Å². The van der Waals surface area contributed by atoms with E-state index >= 15 is 0 Å². The van der Waals surface area contributed by atoms with Crippen molar-refractivity contribution >= 4 is 0 Å². The summed E-state index contributed by atoms with van der Waals surface area (Å²) in [5.74, 6) is 0.202. The molecule has 4 N–H and O–H groups in total. The first-order valence-electron chi connectivity index (χ1n) is 4.93. The molecule has 14 heavy (non-hydrogen) atoms. The molecule has 1 aliphatic rings. The van der Waals surface area contributed by atoms with Crippen molar-refractivity contribution in [1.29, 1.82) is 0 Å². The third kappa shape index (κ3) is 1.79. The van der Waals surface area contributed by atoms with E-state index < -0.39 is 0 Å². The van der Waals surface area contributed by atoms with Gasteiger partial charge in [0.1, 0.15) is 5.82 Å². The van der Waals surface area contributed by atoms with Crippen molar-refractivity contribution < 1.29 is 4.39 Å². The third-order valence-corrected chi connectivity index (χ3v) is 2.95. The van der Waals surface area contributed by atoms with Crippen molar-refractivity contribution in [3.8, 4) is 0 Å². The van der Waals surface area contributed by atoms with Gasteiger partial charge in [0.2, 0.25) is 0 Å². The number of benzene rings is 1. The second kappa shape index (κ2) is 3.67. The average molecular weight is 194 g/mol. The maximum absolute atomic E-state index is 12.9.